The predicted molar refractivity (Wildman–Crippen MR) is 225 cm³/mol. The summed E-state index contributed by atoms with van der Waals surface area (Å²) >= 11 is 0. The lowest BCUT2D eigenvalue weighted by Gasteiger charge is -2.51. The highest BCUT2D eigenvalue weighted by Gasteiger charge is 2.57. The zero-order chi connectivity index (χ0) is 52.8. The average molecular weight is 1030 g/mol. The minimum Gasteiger partial charge on any atom is -0.394 e. The molecule has 31 heteroatoms. The highest BCUT2D eigenvalue weighted by atomic mass is 16.8. The third-order valence-corrected chi connectivity index (χ3v) is 12.3. The van der Waals surface area contributed by atoms with Gasteiger partial charge in [-0.05, 0) is 0 Å². The van der Waals surface area contributed by atoms with Gasteiger partial charge in [0.2, 0.25) is 29.5 Å². The lowest BCUT2D eigenvalue weighted by molar-refractivity contribution is -0.367. The summed E-state index contributed by atoms with van der Waals surface area (Å²) in [5.41, 5.74) is 0. The van der Waals surface area contributed by atoms with Crippen LogP contribution in [-0.2, 0) is 66.6 Å². The van der Waals surface area contributed by atoms with Gasteiger partial charge < -0.3 is 130 Å². The Morgan fingerprint density at radius 3 is 0.831 bits per heavy atom. The molecular weight excluding hydrogens is 966 g/mol. The molecule has 31 nitrogen and oxygen atoms in total. The van der Waals surface area contributed by atoms with Crippen molar-refractivity contribution in [3.8, 4) is 0 Å². The van der Waals surface area contributed by atoms with E-state index in [2.05, 4.69) is 26.6 Å². The Balaban J connectivity index is 1.39. The van der Waals surface area contributed by atoms with Crippen molar-refractivity contribution in [1.29, 1.82) is 0 Å². The number of ether oxygens (including phenoxy) is 9. The molecule has 0 bridgehead atoms. The summed E-state index contributed by atoms with van der Waals surface area (Å²) in [6, 6.07) is -8.07. The standard InChI is InChI=1S/C40H67N5O26/c1-11(51)41-21-28(58)32(17(7-47)63-36(21)62)68-38-23(43-13(3)53)30(60)34(19(9-49)65-38)70-40-25(45-15(5)55)31(61)35(20(10-50)67-40)71-39-24(44-14(4)54)29(59)33(18(8-48)66-39)69-37-22(42-12(2)52)27(57)26(56)16(6-46)64-37/h16-40,46-50,56-62H,6-10H2,1-5H3,(H,41,51)(H,42,52)(H,43,53)(H,44,54)(H,45,55)/t16-,17-,18-,19-,20-,21-,22-,23-,24-,25-,26-,27-,28-,29-,30-,31-,32-,33-,34-,35-,36+,37+,38+,39+,40+/m1/s1. The summed E-state index contributed by atoms with van der Waals surface area (Å²) < 4.78 is 52.9. The first kappa shape index (κ1) is 58.4. The number of nitrogens with one attached hydrogen (secondary N) is 5. The van der Waals surface area contributed by atoms with Crippen molar-refractivity contribution in [1.82, 2.24) is 26.6 Å². The maximum atomic E-state index is 12.7. The fourth-order valence-electron chi connectivity index (χ4n) is 9.07. The van der Waals surface area contributed by atoms with E-state index in [0.717, 1.165) is 34.6 Å². The molecule has 0 radical (unpaired) electrons. The Labute approximate surface area is 404 Å². The van der Waals surface area contributed by atoms with Crippen LogP contribution in [-0.4, -0.2) is 277 Å². The van der Waals surface area contributed by atoms with E-state index in [0.29, 0.717) is 0 Å². The van der Waals surface area contributed by atoms with Crippen molar-refractivity contribution in [2.45, 2.75) is 188 Å². The first-order valence-electron chi connectivity index (χ1n) is 22.6. The van der Waals surface area contributed by atoms with E-state index in [9.17, 15) is 85.3 Å². The minimum absolute atomic E-state index is 0.688. The molecule has 25 atom stereocenters. The minimum atomic E-state index is -2.00. The van der Waals surface area contributed by atoms with Crippen LogP contribution in [0.1, 0.15) is 34.6 Å². The second-order valence-electron chi connectivity index (χ2n) is 17.6. The highest BCUT2D eigenvalue weighted by molar-refractivity contribution is 5.75. The van der Waals surface area contributed by atoms with Crippen LogP contribution < -0.4 is 26.6 Å². The van der Waals surface area contributed by atoms with Gasteiger partial charge in [-0.3, -0.25) is 24.0 Å². The van der Waals surface area contributed by atoms with E-state index >= 15 is 0 Å². The Bertz CT molecular complexity index is 1790. The van der Waals surface area contributed by atoms with Crippen molar-refractivity contribution in [2.24, 2.45) is 0 Å². The van der Waals surface area contributed by atoms with Crippen LogP contribution in [0.5, 0.6) is 0 Å². The fourth-order valence-corrected chi connectivity index (χ4v) is 9.07. The largest absolute Gasteiger partial charge is 0.394 e. The molecule has 17 N–H and O–H groups in total. The molecule has 5 amide bonds. The van der Waals surface area contributed by atoms with Gasteiger partial charge in [0.1, 0.15) is 122 Å². The Kier molecular flexibility index (Phi) is 21.1. The fraction of sp³-hybridized carbons (Fsp3) is 0.875. The van der Waals surface area contributed by atoms with E-state index in [1.165, 1.54) is 0 Å². The lowest BCUT2D eigenvalue weighted by Crippen LogP contribution is -2.72. The van der Waals surface area contributed by atoms with Crippen molar-refractivity contribution >= 4 is 29.5 Å². The van der Waals surface area contributed by atoms with Crippen LogP contribution in [0.15, 0.2) is 0 Å². The SMILES string of the molecule is CC(=O)N[C@@H]1[C@@H](O)[C@H](O[C@@H]2O[C@H](CO)[C@@H](O[C@@H]3O[C@H](CO)[C@@H](O[C@@H]4O[C@H](CO)[C@@H](O[C@@H]5O[C@H](CO)[C@@H](O)[C@H](O)[C@H]5NC(C)=O)[C@H](O)[C@H]4NC(C)=O)[C@H](O)[C@H]3NC(C)=O)[C@H](O)[C@H]2NC(C)=O)[C@@H](CO)O[C@@H]1O. The maximum Gasteiger partial charge on any atom is 0.217 e. The van der Waals surface area contributed by atoms with E-state index in [-0.39, 0.29) is 0 Å². The molecule has 5 rings (SSSR count). The second kappa shape index (κ2) is 25.6. The zero-order valence-corrected chi connectivity index (χ0v) is 39.1. The zero-order valence-electron chi connectivity index (χ0n) is 39.1. The monoisotopic (exact) mass is 1030 g/mol. The van der Waals surface area contributed by atoms with Crippen molar-refractivity contribution in [3.05, 3.63) is 0 Å². The third-order valence-electron chi connectivity index (χ3n) is 12.3. The summed E-state index contributed by atoms with van der Waals surface area (Å²) in [7, 11) is 0. The molecule has 5 aliphatic heterocycles. The van der Waals surface area contributed by atoms with Crippen molar-refractivity contribution in [2.75, 3.05) is 33.0 Å². The second-order valence-corrected chi connectivity index (χ2v) is 17.6. The lowest BCUT2D eigenvalue weighted by atomic mass is 9.93. The summed E-state index contributed by atoms with van der Waals surface area (Å²) in [4.78, 5) is 61.6. The van der Waals surface area contributed by atoms with Crippen LogP contribution in [0.25, 0.3) is 0 Å². The van der Waals surface area contributed by atoms with Gasteiger partial charge in [-0.15, -0.1) is 0 Å². The molecular formula is C40H67N5O26. The van der Waals surface area contributed by atoms with Crippen molar-refractivity contribution < 1.29 is 128 Å². The number of amides is 5. The number of rotatable bonds is 18. The number of hydrogen-bond acceptors (Lipinski definition) is 26. The normalized spacial score (nSPS) is 43.9. The first-order chi connectivity index (χ1) is 33.5. The molecule has 0 unspecified atom stereocenters. The van der Waals surface area contributed by atoms with Gasteiger partial charge in [-0.25, -0.2) is 0 Å². The van der Waals surface area contributed by atoms with Gasteiger partial charge in [0.15, 0.2) is 31.5 Å². The van der Waals surface area contributed by atoms with Gasteiger partial charge in [-0.1, -0.05) is 0 Å². The molecule has 0 saturated carbocycles. The smallest absolute Gasteiger partial charge is 0.217 e. The number of hydrogen-bond donors (Lipinski definition) is 17. The number of aliphatic hydroxyl groups is 12. The molecule has 408 valence electrons. The maximum absolute atomic E-state index is 12.7. The Morgan fingerprint density at radius 1 is 0.338 bits per heavy atom. The van der Waals surface area contributed by atoms with Gasteiger partial charge in [0, 0.05) is 34.6 Å². The van der Waals surface area contributed by atoms with Crippen LogP contribution in [0.4, 0.5) is 0 Å². The molecule has 0 aromatic carbocycles. The number of carbonyl (C=O) groups is 5. The molecule has 5 heterocycles. The molecule has 0 aromatic heterocycles. The van der Waals surface area contributed by atoms with Crippen LogP contribution in [0, 0.1) is 0 Å². The third kappa shape index (κ3) is 13.6. The summed E-state index contributed by atoms with van der Waals surface area (Å²) in [6.07, 6.45) is -35.1. The predicted octanol–water partition coefficient (Wildman–Crippen LogP) is -11.2. The van der Waals surface area contributed by atoms with Crippen LogP contribution >= 0.6 is 0 Å². The van der Waals surface area contributed by atoms with E-state index in [1.807, 2.05) is 0 Å². The number of carbonyl (C=O) groups excluding carboxylic acids is 5. The highest BCUT2D eigenvalue weighted by Crippen LogP contribution is 2.36. The topological polar surface area (TPSA) is 471 Å². The first-order valence-corrected chi connectivity index (χ1v) is 22.6. The quantitative estimate of drug-likeness (QED) is 0.0606. The summed E-state index contributed by atoms with van der Waals surface area (Å²) in [6.45, 7) is 0.679. The molecule has 5 fully saturated rings. The van der Waals surface area contributed by atoms with E-state index in [4.69, 9.17) is 42.6 Å². The summed E-state index contributed by atoms with van der Waals surface area (Å²) in [5.74, 6) is -3.78. The van der Waals surface area contributed by atoms with E-state index in [1.54, 1.807) is 0 Å². The Hall–Kier alpha value is -3.49. The van der Waals surface area contributed by atoms with Gasteiger partial charge >= 0.3 is 0 Å². The van der Waals surface area contributed by atoms with Crippen LogP contribution in [0.2, 0.25) is 0 Å². The molecule has 5 aliphatic rings. The number of aliphatic hydroxyl groups excluding tert-OH is 12. The van der Waals surface area contributed by atoms with Gasteiger partial charge in [0.25, 0.3) is 0 Å². The van der Waals surface area contributed by atoms with Crippen LogP contribution in [0.3, 0.4) is 0 Å². The summed E-state index contributed by atoms with van der Waals surface area (Å²) in [5, 5.41) is 142. The Morgan fingerprint density at radius 2 is 0.563 bits per heavy atom. The van der Waals surface area contributed by atoms with Crippen molar-refractivity contribution in [3.63, 3.8) is 0 Å². The molecule has 0 spiro atoms. The van der Waals surface area contributed by atoms with Gasteiger partial charge in [-0.2, -0.15) is 0 Å². The van der Waals surface area contributed by atoms with E-state index < -0.39 is 216 Å². The molecule has 71 heavy (non-hydrogen) atoms. The average Bonchev–Trinajstić information content (AvgIpc) is 3.30. The molecule has 0 aromatic rings. The molecule has 0 aliphatic carbocycles. The molecule has 5 saturated heterocycles. The van der Waals surface area contributed by atoms with Gasteiger partial charge in [0.05, 0.1) is 33.0 Å².